The zero-order chi connectivity index (χ0) is 18.5. The second kappa shape index (κ2) is 11.3. The third-order valence-electron chi connectivity index (χ3n) is 4.48. The minimum Gasteiger partial charge on any atom is -0.347 e. The lowest BCUT2D eigenvalue weighted by Gasteiger charge is -2.22. The van der Waals surface area contributed by atoms with E-state index in [1.807, 2.05) is 19.0 Å². The smallest absolute Gasteiger partial charge is 0.273 e. The van der Waals surface area contributed by atoms with E-state index >= 15 is 0 Å². The Bertz CT molecular complexity index is 764. The number of amides is 1. The van der Waals surface area contributed by atoms with Crippen LogP contribution < -0.4 is 10.6 Å². The summed E-state index contributed by atoms with van der Waals surface area (Å²) < 4.78 is 15.6. The Morgan fingerprint density at radius 3 is 2.71 bits per heavy atom. The summed E-state index contributed by atoms with van der Waals surface area (Å²) in [6, 6.07) is 5.19. The van der Waals surface area contributed by atoms with Gasteiger partial charge in [0.25, 0.3) is 5.91 Å². The van der Waals surface area contributed by atoms with Crippen LogP contribution in [0.5, 0.6) is 0 Å². The van der Waals surface area contributed by atoms with Gasteiger partial charge in [-0.05, 0) is 57.7 Å². The maximum absolute atomic E-state index is 13.8. The molecule has 156 valence electrons. The van der Waals surface area contributed by atoms with Crippen molar-refractivity contribution in [3.05, 3.63) is 47.0 Å². The molecule has 28 heavy (non-hydrogen) atoms. The first kappa shape index (κ1) is 24.3. The highest BCUT2D eigenvalue weighted by atomic mass is 35.5. The van der Waals surface area contributed by atoms with E-state index in [-0.39, 0.29) is 42.6 Å². The van der Waals surface area contributed by atoms with Gasteiger partial charge in [-0.25, -0.2) is 9.07 Å². The number of nitrogens with one attached hydrogen (secondary N) is 2. The first-order valence-corrected chi connectivity index (χ1v) is 8.85. The molecule has 0 bridgehead atoms. The van der Waals surface area contributed by atoms with Crippen LogP contribution in [0.2, 0.25) is 0 Å². The van der Waals surface area contributed by atoms with Crippen molar-refractivity contribution in [2.24, 2.45) is 0 Å². The Morgan fingerprint density at radius 1 is 1.32 bits per heavy atom. The fourth-order valence-corrected chi connectivity index (χ4v) is 3.10. The Hall–Kier alpha value is -1.74. The monoisotopic (exact) mass is 432 g/mol. The first-order chi connectivity index (χ1) is 12.5. The number of halogens is 3. The predicted octanol–water partition coefficient (Wildman–Crippen LogP) is 2.18. The molecular weight excluding hydrogens is 406 g/mol. The SMILES string of the molecule is CN(C)Cc1cc(CNC(=O)c2cn(C3CCNCC3)nn2)ccc1F.Cl.Cl. The lowest BCUT2D eigenvalue weighted by atomic mass is 10.1. The van der Waals surface area contributed by atoms with Crippen LogP contribution in [-0.2, 0) is 13.1 Å². The molecule has 2 heterocycles. The van der Waals surface area contributed by atoms with Gasteiger partial charge >= 0.3 is 0 Å². The minimum atomic E-state index is -0.274. The Morgan fingerprint density at radius 2 is 2.04 bits per heavy atom. The molecule has 2 aromatic rings. The van der Waals surface area contributed by atoms with E-state index in [1.165, 1.54) is 6.07 Å². The lowest BCUT2D eigenvalue weighted by molar-refractivity contribution is 0.0945. The van der Waals surface area contributed by atoms with Crippen molar-refractivity contribution in [2.45, 2.75) is 32.0 Å². The van der Waals surface area contributed by atoms with Gasteiger partial charge in [0.2, 0.25) is 0 Å². The molecule has 3 rings (SSSR count). The number of hydrogen-bond donors (Lipinski definition) is 2. The third-order valence-corrected chi connectivity index (χ3v) is 4.48. The van der Waals surface area contributed by atoms with E-state index < -0.39 is 0 Å². The van der Waals surface area contributed by atoms with Crippen LogP contribution in [0.15, 0.2) is 24.4 Å². The molecule has 10 heteroatoms. The standard InChI is InChI=1S/C18H25FN6O.2ClH/c1-24(2)11-14-9-13(3-4-16(14)19)10-21-18(26)17-12-25(23-22-17)15-5-7-20-8-6-15;;/h3-4,9,12,15,20H,5-8,10-11H2,1-2H3,(H,21,26);2*1H. The van der Waals surface area contributed by atoms with Crippen molar-refractivity contribution in [1.82, 2.24) is 30.5 Å². The lowest BCUT2D eigenvalue weighted by Crippen LogP contribution is -2.29. The van der Waals surface area contributed by atoms with E-state index in [2.05, 4.69) is 20.9 Å². The van der Waals surface area contributed by atoms with Gasteiger partial charge in [0, 0.05) is 18.7 Å². The Balaban J connectivity index is 0.00000196. The van der Waals surface area contributed by atoms with Gasteiger partial charge in [0.15, 0.2) is 5.69 Å². The number of hydrogen-bond acceptors (Lipinski definition) is 5. The van der Waals surface area contributed by atoms with E-state index in [4.69, 9.17) is 0 Å². The number of carbonyl (C=O) groups excluding carboxylic acids is 1. The highest BCUT2D eigenvalue weighted by molar-refractivity contribution is 5.91. The first-order valence-electron chi connectivity index (χ1n) is 8.85. The molecule has 0 saturated carbocycles. The van der Waals surface area contributed by atoms with Gasteiger partial charge in [-0.15, -0.1) is 29.9 Å². The van der Waals surface area contributed by atoms with Gasteiger partial charge in [-0.3, -0.25) is 4.79 Å². The number of carbonyl (C=O) groups is 1. The van der Waals surface area contributed by atoms with Crippen molar-refractivity contribution < 1.29 is 9.18 Å². The number of piperidine rings is 1. The molecule has 1 saturated heterocycles. The molecule has 1 fully saturated rings. The fourth-order valence-electron chi connectivity index (χ4n) is 3.10. The normalized spacial score (nSPS) is 14.3. The second-order valence-corrected chi connectivity index (χ2v) is 6.91. The summed E-state index contributed by atoms with van der Waals surface area (Å²) in [4.78, 5) is 14.2. The van der Waals surface area contributed by atoms with E-state index in [9.17, 15) is 9.18 Å². The molecule has 1 aromatic heterocycles. The zero-order valence-electron chi connectivity index (χ0n) is 16.0. The molecule has 0 atom stereocenters. The highest BCUT2D eigenvalue weighted by Gasteiger charge is 2.18. The van der Waals surface area contributed by atoms with Crippen molar-refractivity contribution in [3.63, 3.8) is 0 Å². The molecule has 2 N–H and O–H groups in total. The molecule has 0 radical (unpaired) electrons. The number of rotatable bonds is 6. The van der Waals surface area contributed by atoms with Gasteiger partial charge in [-0.2, -0.15) is 0 Å². The van der Waals surface area contributed by atoms with Crippen LogP contribution in [0, 0.1) is 5.82 Å². The summed E-state index contributed by atoms with van der Waals surface area (Å²) in [7, 11) is 3.78. The van der Waals surface area contributed by atoms with Crippen molar-refractivity contribution >= 4 is 30.7 Å². The molecular formula is C18H27Cl2FN6O. The molecule has 0 unspecified atom stereocenters. The quantitative estimate of drug-likeness (QED) is 0.731. The predicted molar refractivity (Wildman–Crippen MR) is 111 cm³/mol. The molecule has 1 amide bonds. The van der Waals surface area contributed by atoms with Gasteiger partial charge < -0.3 is 15.5 Å². The summed E-state index contributed by atoms with van der Waals surface area (Å²) in [5.41, 5.74) is 1.76. The van der Waals surface area contributed by atoms with Crippen LogP contribution in [0.1, 0.15) is 40.5 Å². The number of aromatic nitrogens is 3. The molecule has 7 nitrogen and oxygen atoms in total. The third kappa shape index (κ3) is 6.41. The molecule has 0 spiro atoms. The van der Waals surface area contributed by atoms with Crippen LogP contribution >= 0.6 is 24.8 Å². The second-order valence-electron chi connectivity index (χ2n) is 6.91. The van der Waals surface area contributed by atoms with Crippen LogP contribution in [-0.4, -0.2) is 53.0 Å². The van der Waals surface area contributed by atoms with Crippen LogP contribution in [0.25, 0.3) is 0 Å². The molecule has 0 aliphatic carbocycles. The minimum absolute atomic E-state index is 0. The molecule has 1 aliphatic rings. The van der Waals surface area contributed by atoms with Crippen molar-refractivity contribution in [1.29, 1.82) is 0 Å². The highest BCUT2D eigenvalue weighted by Crippen LogP contribution is 2.17. The molecule has 1 aliphatic heterocycles. The summed E-state index contributed by atoms with van der Waals surface area (Å²) in [5.74, 6) is -0.512. The number of nitrogens with zero attached hydrogens (tertiary/aromatic N) is 4. The summed E-state index contributed by atoms with van der Waals surface area (Å²) in [6.07, 6.45) is 3.66. The van der Waals surface area contributed by atoms with Gasteiger partial charge in [0.1, 0.15) is 5.82 Å². The Labute approximate surface area is 176 Å². The van der Waals surface area contributed by atoms with Gasteiger partial charge in [0.05, 0.1) is 12.2 Å². The van der Waals surface area contributed by atoms with E-state index in [0.717, 1.165) is 31.5 Å². The van der Waals surface area contributed by atoms with Crippen molar-refractivity contribution in [2.75, 3.05) is 27.2 Å². The number of benzene rings is 1. The van der Waals surface area contributed by atoms with Crippen molar-refractivity contribution in [3.8, 4) is 0 Å². The fraction of sp³-hybridized carbons (Fsp3) is 0.500. The summed E-state index contributed by atoms with van der Waals surface area (Å²) >= 11 is 0. The maximum atomic E-state index is 13.8. The van der Waals surface area contributed by atoms with Crippen LogP contribution in [0.4, 0.5) is 4.39 Å². The van der Waals surface area contributed by atoms with E-state index in [1.54, 1.807) is 23.0 Å². The van der Waals surface area contributed by atoms with Gasteiger partial charge in [-0.1, -0.05) is 11.3 Å². The molecule has 1 aromatic carbocycles. The van der Waals surface area contributed by atoms with Crippen LogP contribution in [0.3, 0.4) is 0 Å². The average molecular weight is 433 g/mol. The maximum Gasteiger partial charge on any atom is 0.273 e. The summed E-state index contributed by atoms with van der Waals surface area (Å²) in [6.45, 7) is 2.73. The Kier molecular flexibility index (Phi) is 9.81. The average Bonchev–Trinajstić information content (AvgIpc) is 3.13. The largest absolute Gasteiger partial charge is 0.347 e. The zero-order valence-corrected chi connectivity index (χ0v) is 17.7. The summed E-state index contributed by atoms with van der Waals surface area (Å²) in [5, 5.41) is 14.2. The topological polar surface area (TPSA) is 75.1 Å². The van der Waals surface area contributed by atoms with E-state index in [0.29, 0.717) is 24.3 Å².